The van der Waals surface area contributed by atoms with Crippen LogP contribution in [0.3, 0.4) is 0 Å². The number of hydrogen-bond donors (Lipinski definition) is 0. The Bertz CT molecular complexity index is 1330. The van der Waals surface area contributed by atoms with E-state index < -0.39 is 17.0 Å². The summed E-state index contributed by atoms with van der Waals surface area (Å²) in [6, 6.07) is 1.85. The zero-order chi connectivity index (χ0) is 31.3. The van der Waals surface area contributed by atoms with Gasteiger partial charge in [-0.05, 0) is 86.6 Å². The fraction of sp³-hybridized carbons (Fsp3) is 0.742. The summed E-state index contributed by atoms with van der Waals surface area (Å²) < 4.78 is 26.6. The first kappa shape index (κ1) is 31.8. The van der Waals surface area contributed by atoms with Gasteiger partial charge in [-0.15, -0.1) is 0 Å². The number of carbonyl (C=O) groups excluding carboxylic acids is 2. The van der Waals surface area contributed by atoms with E-state index in [-0.39, 0.29) is 42.3 Å². The van der Waals surface area contributed by atoms with Crippen molar-refractivity contribution in [2.75, 3.05) is 26.2 Å². The van der Waals surface area contributed by atoms with E-state index in [0.717, 1.165) is 23.9 Å². The molecule has 3 fully saturated rings. The van der Waals surface area contributed by atoms with Gasteiger partial charge in [0.25, 0.3) is 0 Å². The van der Waals surface area contributed by atoms with Crippen molar-refractivity contribution in [3.8, 4) is 0 Å². The molecular weight excluding hydrogens is 574 g/mol. The van der Waals surface area contributed by atoms with Crippen LogP contribution < -0.4 is 0 Å². The summed E-state index contributed by atoms with van der Waals surface area (Å²) in [4.78, 5) is 38.7. The molecule has 0 radical (unpaired) electrons. The number of fused-ring (bicyclic) bond motifs is 2. The number of halogens is 1. The van der Waals surface area contributed by atoms with Gasteiger partial charge >= 0.3 is 12.2 Å². The van der Waals surface area contributed by atoms with Gasteiger partial charge in [0.05, 0.1) is 17.5 Å². The van der Waals surface area contributed by atoms with Crippen LogP contribution in [0.15, 0.2) is 18.6 Å². The van der Waals surface area contributed by atoms with E-state index in [1.807, 2.05) is 67.7 Å². The summed E-state index contributed by atoms with van der Waals surface area (Å²) in [6.45, 7) is 17.1. The molecule has 0 unspecified atom stereocenters. The van der Waals surface area contributed by atoms with Gasteiger partial charge in [-0.3, -0.25) is 0 Å². The first-order chi connectivity index (χ1) is 20.0. The zero-order valence-corrected chi connectivity index (χ0v) is 27.4. The second kappa shape index (κ2) is 11.7. The summed E-state index contributed by atoms with van der Waals surface area (Å²) in [7, 11) is 0. The number of hydrogen-bond acceptors (Lipinski definition) is 8. The van der Waals surface area contributed by atoms with Crippen LogP contribution in [-0.4, -0.2) is 91.9 Å². The number of rotatable bonds is 5. The van der Waals surface area contributed by atoms with Crippen molar-refractivity contribution in [2.24, 2.45) is 11.8 Å². The third-order valence-corrected chi connectivity index (χ3v) is 8.43. The molecule has 5 rings (SSSR count). The van der Waals surface area contributed by atoms with Crippen LogP contribution in [0.5, 0.6) is 0 Å². The molecule has 0 spiro atoms. The lowest BCUT2D eigenvalue weighted by atomic mass is 9.96. The average molecular weight is 620 g/mol. The molecular formula is C31H46ClN5O6. The van der Waals surface area contributed by atoms with Gasteiger partial charge in [0.2, 0.25) is 0 Å². The van der Waals surface area contributed by atoms with Crippen molar-refractivity contribution in [3.05, 3.63) is 23.7 Å². The smallest absolute Gasteiger partial charge is 0.410 e. The van der Waals surface area contributed by atoms with Crippen molar-refractivity contribution in [1.29, 1.82) is 0 Å². The minimum Gasteiger partial charge on any atom is -0.444 e. The molecule has 2 aliphatic heterocycles. The van der Waals surface area contributed by atoms with E-state index in [9.17, 15) is 9.59 Å². The first-order valence-corrected chi connectivity index (χ1v) is 15.7. The summed E-state index contributed by atoms with van der Waals surface area (Å²) >= 11 is 6.36. The predicted molar refractivity (Wildman–Crippen MR) is 162 cm³/mol. The quantitative estimate of drug-likeness (QED) is 0.372. The van der Waals surface area contributed by atoms with Crippen LogP contribution in [-0.2, 0) is 18.9 Å². The standard InChI is InChI=1S/C31H46ClN5O6/c1-29(2,3)42-27(38)35-12-9-10-19(15-35)16-36(28(39)43-30(4,5)6)17-20-14-22(24-23(20)40-31(7,8)41-24)37-13-11-21-25(32)33-18-34-26(21)37/h11,13,18-20,22-24H,9-10,12,14-17H2,1-8H3/t19-,20-,22-,23-,24+/m1/s1. The Kier molecular flexibility index (Phi) is 8.65. The highest BCUT2D eigenvalue weighted by molar-refractivity contribution is 6.33. The number of carbonyl (C=O) groups is 2. The van der Waals surface area contributed by atoms with Gasteiger partial charge in [0.1, 0.15) is 34.4 Å². The highest BCUT2D eigenvalue weighted by atomic mass is 35.5. The summed E-state index contributed by atoms with van der Waals surface area (Å²) in [5, 5.41) is 1.19. The second-order valence-electron chi connectivity index (χ2n) is 14.6. The molecule has 43 heavy (non-hydrogen) atoms. The van der Waals surface area contributed by atoms with Gasteiger partial charge in [-0.2, -0.15) is 0 Å². The maximum atomic E-state index is 13.7. The topological polar surface area (TPSA) is 108 Å². The van der Waals surface area contributed by atoms with Crippen molar-refractivity contribution < 1.29 is 28.5 Å². The molecule has 0 bridgehead atoms. The van der Waals surface area contributed by atoms with E-state index in [2.05, 4.69) is 14.5 Å². The van der Waals surface area contributed by atoms with Crippen LogP contribution in [0.4, 0.5) is 9.59 Å². The van der Waals surface area contributed by atoms with Gasteiger partial charge in [-0.25, -0.2) is 19.6 Å². The SMILES string of the molecule is CC(C)(C)OC(=O)N1CCC[C@@H](CN(C[C@H]2C[C@@H](n3ccc4c(Cl)ncnc43)[C@@H]3OC(C)(C)O[C@H]23)C(=O)OC(C)(C)C)C1. The molecule has 12 heteroatoms. The Hall–Kier alpha value is -2.63. The molecule has 1 aliphatic carbocycles. The van der Waals surface area contributed by atoms with E-state index in [0.29, 0.717) is 37.8 Å². The minimum atomic E-state index is -0.768. The van der Waals surface area contributed by atoms with Crippen LogP contribution in [0, 0.1) is 11.8 Å². The second-order valence-corrected chi connectivity index (χ2v) is 14.9. The van der Waals surface area contributed by atoms with Crippen LogP contribution in [0.2, 0.25) is 5.15 Å². The van der Waals surface area contributed by atoms with Crippen molar-refractivity contribution in [1.82, 2.24) is 24.3 Å². The van der Waals surface area contributed by atoms with Crippen LogP contribution in [0.1, 0.15) is 80.7 Å². The molecule has 238 valence electrons. The van der Waals surface area contributed by atoms with E-state index in [1.54, 1.807) is 9.80 Å². The van der Waals surface area contributed by atoms with Gasteiger partial charge in [0, 0.05) is 38.3 Å². The lowest BCUT2D eigenvalue weighted by Crippen LogP contribution is -2.48. The fourth-order valence-corrected chi connectivity index (χ4v) is 6.76. The minimum absolute atomic E-state index is 0.0235. The Labute approximate surface area is 259 Å². The molecule has 2 aromatic rings. The number of amides is 2. The molecule has 4 heterocycles. The first-order valence-electron chi connectivity index (χ1n) is 15.3. The molecule has 1 saturated carbocycles. The summed E-state index contributed by atoms with van der Waals surface area (Å²) in [6.07, 6.45) is 4.75. The van der Waals surface area contributed by atoms with Gasteiger partial charge in [0.15, 0.2) is 5.79 Å². The van der Waals surface area contributed by atoms with Gasteiger partial charge < -0.3 is 33.3 Å². The summed E-state index contributed by atoms with van der Waals surface area (Å²) in [5.41, 5.74) is -0.476. The van der Waals surface area contributed by atoms with E-state index >= 15 is 0 Å². The zero-order valence-electron chi connectivity index (χ0n) is 26.6. The Balaban J connectivity index is 1.37. The predicted octanol–water partition coefficient (Wildman–Crippen LogP) is 6.05. The maximum absolute atomic E-state index is 13.7. The monoisotopic (exact) mass is 619 g/mol. The largest absolute Gasteiger partial charge is 0.444 e. The Morgan fingerprint density at radius 3 is 2.47 bits per heavy atom. The van der Waals surface area contributed by atoms with Crippen LogP contribution >= 0.6 is 11.6 Å². The van der Waals surface area contributed by atoms with E-state index in [4.69, 9.17) is 30.5 Å². The molecule has 0 aromatic carbocycles. The fourth-order valence-electron chi connectivity index (χ4n) is 6.57. The van der Waals surface area contributed by atoms with Crippen LogP contribution in [0.25, 0.3) is 11.0 Å². The molecule has 3 aliphatic rings. The van der Waals surface area contributed by atoms with Crippen molar-refractivity contribution >= 4 is 34.8 Å². The normalized spacial score (nSPS) is 27.3. The average Bonchev–Trinajstić information content (AvgIpc) is 3.53. The molecule has 2 amide bonds. The lowest BCUT2D eigenvalue weighted by molar-refractivity contribution is -0.160. The molecule has 2 aromatic heterocycles. The Morgan fingerprint density at radius 1 is 1.07 bits per heavy atom. The highest BCUT2D eigenvalue weighted by Gasteiger charge is 2.55. The molecule has 5 atom stereocenters. The molecule has 0 N–H and O–H groups in total. The third kappa shape index (κ3) is 7.37. The number of nitrogens with zero attached hydrogens (tertiary/aromatic N) is 5. The van der Waals surface area contributed by atoms with Gasteiger partial charge in [-0.1, -0.05) is 11.6 Å². The lowest BCUT2D eigenvalue weighted by Gasteiger charge is -2.37. The van der Waals surface area contributed by atoms with E-state index in [1.165, 1.54) is 6.33 Å². The maximum Gasteiger partial charge on any atom is 0.410 e. The number of aromatic nitrogens is 3. The molecule has 11 nitrogen and oxygen atoms in total. The third-order valence-electron chi connectivity index (χ3n) is 8.13. The number of ether oxygens (including phenoxy) is 4. The van der Waals surface area contributed by atoms with Crippen molar-refractivity contribution in [2.45, 2.75) is 110 Å². The Morgan fingerprint density at radius 2 is 1.77 bits per heavy atom. The number of likely N-dealkylation sites (tertiary alicyclic amines) is 1. The number of piperidine rings is 1. The highest BCUT2D eigenvalue weighted by Crippen LogP contribution is 2.48. The van der Waals surface area contributed by atoms with Crippen molar-refractivity contribution in [3.63, 3.8) is 0 Å². The molecule has 2 saturated heterocycles. The summed E-state index contributed by atoms with van der Waals surface area (Å²) in [5.74, 6) is -0.702.